The molecule has 0 saturated carbocycles. The molecule has 1 heterocycles. The van der Waals surface area contributed by atoms with Crippen molar-refractivity contribution < 1.29 is 9.47 Å². The maximum absolute atomic E-state index is 5.75. The molecule has 0 aliphatic carbocycles. The maximum Gasteiger partial charge on any atom is 0.119 e. The average Bonchev–Trinajstić information content (AvgIpc) is 2.91. The van der Waals surface area contributed by atoms with Crippen LogP contribution in [0.15, 0.2) is 24.3 Å². The van der Waals surface area contributed by atoms with Gasteiger partial charge < -0.3 is 14.8 Å². The Balaban J connectivity index is 1.69. The minimum atomic E-state index is 0.412. The molecule has 3 nitrogen and oxygen atoms in total. The van der Waals surface area contributed by atoms with Gasteiger partial charge in [-0.2, -0.15) is 0 Å². The lowest BCUT2D eigenvalue weighted by Gasteiger charge is -2.11. The van der Waals surface area contributed by atoms with Gasteiger partial charge in [0.05, 0.1) is 12.7 Å². The lowest BCUT2D eigenvalue weighted by molar-refractivity contribution is 0.0903. The smallest absolute Gasteiger partial charge is 0.119 e. The first-order valence-corrected chi connectivity index (χ1v) is 7.31. The first-order valence-electron chi connectivity index (χ1n) is 7.31. The van der Waals surface area contributed by atoms with E-state index in [0.29, 0.717) is 12.1 Å². The molecule has 1 saturated heterocycles. The summed E-state index contributed by atoms with van der Waals surface area (Å²) in [5.74, 6) is 0.950. The Kier molecular flexibility index (Phi) is 5.67. The quantitative estimate of drug-likeness (QED) is 0.820. The van der Waals surface area contributed by atoms with Crippen LogP contribution >= 0.6 is 0 Å². The monoisotopic (exact) mass is 263 g/mol. The van der Waals surface area contributed by atoms with Crippen molar-refractivity contribution in [3.8, 4) is 5.75 Å². The first kappa shape index (κ1) is 14.4. The lowest BCUT2D eigenvalue weighted by Crippen LogP contribution is -2.21. The highest BCUT2D eigenvalue weighted by Crippen LogP contribution is 2.17. The first-order chi connectivity index (χ1) is 9.24. The van der Waals surface area contributed by atoms with Gasteiger partial charge in [-0.1, -0.05) is 26.0 Å². The molecule has 2 rings (SSSR count). The Bertz CT molecular complexity index is 356. The summed E-state index contributed by atoms with van der Waals surface area (Å²) >= 11 is 0. The highest BCUT2D eigenvalue weighted by molar-refractivity contribution is 5.27. The van der Waals surface area contributed by atoms with Crippen LogP contribution in [0.5, 0.6) is 5.75 Å². The Morgan fingerprint density at radius 3 is 2.74 bits per heavy atom. The van der Waals surface area contributed by atoms with E-state index >= 15 is 0 Å². The molecule has 0 spiro atoms. The van der Waals surface area contributed by atoms with Gasteiger partial charge in [-0.05, 0) is 30.5 Å². The van der Waals surface area contributed by atoms with E-state index < -0.39 is 0 Å². The van der Waals surface area contributed by atoms with E-state index in [9.17, 15) is 0 Å². The summed E-state index contributed by atoms with van der Waals surface area (Å²) in [7, 11) is 0. The zero-order valence-corrected chi connectivity index (χ0v) is 12.0. The van der Waals surface area contributed by atoms with E-state index in [1.807, 2.05) is 12.1 Å². The number of nitrogens with one attached hydrogen (secondary N) is 1. The van der Waals surface area contributed by atoms with Crippen LogP contribution in [0.2, 0.25) is 0 Å². The topological polar surface area (TPSA) is 30.5 Å². The van der Waals surface area contributed by atoms with Gasteiger partial charge >= 0.3 is 0 Å². The largest absolute Gasteiger partial charge is 0.493 e. The number of rotatable bonds is 7. The van der Waals surface area contributed by atoms with Gasteiger partial charge in [-0.15, -0.1) is 0 Å². The molecule has 1 aliphatic rings. The van der Waals surface area contributed by atoms with Gasteiger partial charge in [0.1, 0.15) is 5.75 Å². The number of benzene rings is 1. The minimum absolute atomic E-state index is 0.412. The molecule has 1 aliphatic heterocycles. The SMILES string of the molecule is CC(C)NCc1ccc(OCCC2CCCO2)cc1. The molecular weight excluding hydrogens is 238 g/mol. The van der Waals surface area contributed by atoms with Crippen LogP contribution in [0.4, 0.5) is 0 Å². The lowest BCUT2D eigenvalue weighted by atomic mass is 10.2. The summed E-state index contributed by atoms with van der Waals surface area (Å²) in [5.41, 5.74) is 1.29. The molecule has 19 heavy (non-hydrogen) atoms. The second-order valence-corrected chi connectivity index (χ2v) is 5.45. The third-order valence-corrected chi connectivity index (χ3v) is 3.37. The van der Waals surface area contributed by atoms with E-state index in [4.69, 9.17) is 9.47 Å². The molecule has 0 aromatic heterocycles. The van der Waals surface area contributed by atoms with Crippen LogP contribution < -0.4 is 10.1 Å². The summed E-state index contributed by atoms with van der Waals surface area (Å²) < 4.78 is 11.3. The molecule has 1 N–H and O–H groups in total. The molecule has 106 valence electrons. The van der Waals surface area contributed by atoms with Crippen LogP contribution in [0.3, 0.4) is 0 Å². The highest BCUT2D eigenvalue weighted by Gasteiger charge is 2.14. The van der Waals surface area contributed by atoms with Crippen molar-refractivity contribution in [1.29, 1.82) is 0 Å². The Morgan fingerprint density at radius 1 is 1.32 bits per heavy atom. The Hall–Kier alpha value is -1.06. The normalized spacial score (nSPS) is 19.0. The zero-order chi connectivity index (χ0) is 13.5. The predicted octanol–water partition coefficient (Wildman–Crippen LogP) is 3.13. The van der Waals surface area contributed by atoms with E-state index in [1.54, 1.807) is 0 Å². The minimum Gasteiger partial charge on any atom is -0.493 e. The van der Waals surface area contributed by atoms with Crippen molar-refractivity contribution in [2.24, 2.45) is 0 Å². The summed E-state index contributed by atoms with van der Waals surface area (Å²) in [4.78, 5) is 0. The molecule has 3 heteroatoms. The summed E-state index contributed by atoms with van der Waals surface area (Å²) in [5, 5.41) is 3.40. The van der Waals surface area contributed by atoms with Crippen molar-refractivity contribution in [3.05, 3.63) is 29.8 Å². The summed E-state index contributed by atoms with van der Waals surface area (Å²) in [6.07, 6.45) is 3.79. The molecule has 1 fully saturated rings. The van der Waals surface area contributed by atoms with Crippen molar-refractivity contribution in [2.75, 3.05) is 13.2 Å². The van der Waals surface area contributed by atoms with Gasteiger partial charge in [0.15, 0.2) is 0 Å². The van der Waals surface area contributed by atoms with Gasteiger partial charge in [0.25, 0.3) is 0 Å². The fourth-order valence-corrected chi connectivity index (χ4v) is 2.21. The third-order valence-electron chi connectivity index (χ3n) is 3.37. The number of hydrogen-bond acceptors (Lipinski definition) is 3. The van der Waals surface area contributed by atoms with Gasteiger partial charge in [-0.25, -0.2) is 0 Å². The third kappa shape index (κ3) is 5.21. The fourth-order valence-electron chi connectivity index (χ4n) is 2.21. The van der Waals surface area contributed by atoms with Crippen LogP contribution in [0, 0.1) is 0 Å². The van der Waals surface area contributed by atoms with E-state index in [1.165, 1.54) is 18.4 Å². The Labute approximate surface area is 116 Å². The van der Waals surface area contributed by atoms with Crippen molar-refractivity contribution >= 4 is 0 Å². The molecule has 1 aromatic carbocycles. The second-order valence-electron chi connectivity index (χ2n) is 5.45. The summed E-state index contributed by atoms with van der Waals surface area (Å²) in [6, 6.07) is 8.86. The van der Waals surface area contributed by atoms with Crippen molar-refractivity contribution in [1.82, 2.24) is 5.32 Å². The van der Waals surface area contributed by atoms with Gasteiger partial charge in [0.2, 0.25) is 0 Å². The second kappa shape index (κ2) is 7.51. The Morgan fingerprint density at radius 2 is 2.11 bits per heavy atom. The molecule has 1 atom stereocenters. The molecule has 1 aromatic rings. The van der Waals surface area contributed by atoms with Crippen LogP contribution in [-0.4, -0.2) is 25.4 Å². The number of hydrogen-bond donors (Lipinski definition) is 1. The van der Waals surface area contributed by atoms with Crippen molar-refractivity contribution in [2.45, 2.75) is 51.8 Å². The maximum atomic E-state index is 5.75. The molecule has 1 unspecified atom stereocenters. The van der Waals surface area contributed by atoms with Crippen LogP contribution in [-0.2, 0) is 11.3 Å². The zero-order valence-electron chi connectivity index (χ0n) is 12.0. The molecule has 0 radical (unpaired) electrons. The molecular formula is C16H25NO2. The fraction of sp³-hybridized carbons (Fsp3) is 0.625. The van der Waals surface area contributed by atoms with Gasteiger partial charge in [0, 0.05) is 25.6 Å². The van der Waals surface area contributed by atoms with Crippen molar-refractivity contribution in [3.63, 3.8) is 0 Å². The van der Waals surface area contributed by atoms with E-state index in [-0.39, 0.29) is 0 Å². The average molecular weight is 263 g/mol. The molecule has 0 bridgehead atoms. The number of ether oxygens (including phenoxy) is 2. The predicted molar refractivity (Wildman–Crippen MR) is 77.5 cm³/mol. The summed E-state index contributed by atoms with van der Waals surface area (Å²) in [6.45, 7) is 6.88. The van der Waals surface area contributed by atoms with Crippen LogP contribution in [0.25, 0.3) is 0 Å². The van der Waals surface area contributed by atoms with Crippen LogP contribution in [0.1, 0.15) is 38.7 Å². The molecule has 0 amide bonds. The van der Waals surface area contributed by atoms with Gasteiger partial charge in [-0.3, -0.25) is 0 Å². The standard InChI is InChI=1S/C16H25NO2/c1-13(2)17-12-14-5-7-16(8-6-14)19-11-9-15-4-3-10-18-15/h5-8,13,15,17H,3-4,9-12H2,1-2H3. The van der Waals surface area contributed by atoms with E-state index in [2.05, 4.69) is 31.3 Å². The highest BCUT2D eigenvalue weighted by atomic mass is 16.5. The van der Waals surface area contributed by atoms with E-state index in [0.717, 1.165) is 31.9 Å².